The first-order chi connectivity index (χ1) is 10.8. The Hall–Kier alpha value is -1.84. The van der Waals surface area contributed by atoms with Gasteiger partial charge < -0.3 is 4.90 Å². The number of carbonyl (C=O) groups is 2. The Labute approximate surface area is 140 Å². The Kier molecular flexibility index (Phi) is 6.37. The molecular formula is C19H30N2O2. The molecule has 2 rings (SSSR count). The van der Waals surface area contributed by atoms with Crippen molar-refractivity contribution in [2.45, 2.75) is 66.6 Å². The molecule has 128 valence electrons. The number of imide groups is 1. The maximum Gasteiger partial charge on any atom is 0.328 e. The average molecular weight is 318 g/mol. The van der Waals surface area contributed by atoms with E-state index in [0.717, 1.165) is 5.56 Å². The number of hydrogen-bond donors (Lipinski definition) is 0. The minimum Gasteiger partial charge on any atom is -0.305 e. The summed E-state index contributed by atoms with van der Waals surface area (Å²) in [7, 11) is 0. The van der Waals surface area contributed by atoms with E-state index in [-0.39, 0.29) is 23.9 Å². The Morgan fingerprint density at radius 1 is 1.00 bits per heavy atom. The molecule has 0 bridgehead atoms. The van der Waals surface area contributed by atoms with E-state index < -0.39 is 5.54 Å². The first kappa shape index (κ1) is 19.2. The lowest BCUT2D eigenvalue weighted by Gasteiger charge is -2.35. The summed E-state index contributed by atoms with van der Waals surface area (Å²) in [6, 6.07) is 9.50. The van der Waals surface area contributed by atoms with Gasteiger partial charge in [0.1, 0.15) is 5.54 Å². The van der Waals surface area contributed by atoms with Crippen LogP contribution in [0.1, 0.15) is 54.0 Å². The number of urea groups is 1. The third kappa shape index (κ3) is 3.41. The molecule has 0 spiro atoms. The van der Waals surface area contributed by atoms with Gasteiger partial charge >= 0.3 is 6.03 Å². The van der Waals surface area contributed by atoms with Crippen LogP contribution in [0.3, 0.4) is 0 Å². The second-order valence-corrected chi connectivity index (χ2v) is 6.43. The lowest BCUT2D eigenvalue weighted by molar-refractivity contribution is -0.135. The lowest BCUT2D eigenvalue weighted by atomic mass is 9.86. The van der Waals surface area contributed by atoms with Gasteiger partial charge in [0.2, 0.25) is 0 Å². The second kappa shape index (κ2) is 7.62. The molecule has 0 aromatic heterocycles. The van der Waals surface area contributed by atoms with E-state index in [2.05, 4.69) is 0 Å². The zero-order chi connectivity index (χ0) is 17.8. The van der Waals surface area contributed by atoms with Crippen LogP contribution in [0.4, 0.5) is 4.79 Å². The van der Waals surface area contributed by atoms with E-state index >= 15 is 0 Å². The van der Waals surface area contributed by atoms with Crippen LogP contribution in [-0.2, 0) is 11.3 Å². The number of carbonyl (C=O) groups excluding carboxylic acids is 2. The number of amides is 3. The standard InChI is InChI=1S/C17H24N2O2.C2H6/c1-12(2)17(5)15(20)19(13(3)4)16(21)18(17)11-14-9-7-6-8-10-14;1-2/h6-10,12-13H,11H2,1-5H3;1-2H3. The molecule has 0 N–H and O–H groups in total. The minimum atomic E-state index is -0.781. The van der Waals surface area contributed by atoms with Gasteiger partial charge in [-0.15, -0.1) is 0 Å². The fourth-order valence-corrected chi connectivity index (χ4v) is 2.79. The van der Waals surface area contributed by atoms with E-state index in [1.54, 1.807) is 4.90 Å². The van der Waals surface area contributed by atoms with Crippen molar-refractivity contribution in [2.24, 2.45) is 5.92 Å². The highest BCUT2D eigenvalue weighted by Gasteiger charge is 2.56. The Morgan fingerprint density at radius 2 is 1.52 bits per heavy atom. The lowest BCUT2D eigenvalue weighted by Crippen LogP contribution is -2.51. The van der Waals surface area contributed by atoms with Crippen LogP contribution in [0.25, 0.3) is 0 Å². The van der Waals surface area contributed by atoms with Crippen LogP contribution in [0, 0.1) is 5.92 Å². The molecular weight excluding hydrogens is 288 g/mol. The normalized spacial score (nSPS) is 21.1. The number of rotatable bonds is 4. The molecule has 1 aliphatic heterocycles. The molecule has 0 radical (unpaired) electrons. The predicted octanol–water partition coefficient (Wildman–Crippen LogP) is 4.30. The van der Waals surface area contributed by atoms with Crippen LogP contribution >= 0.6 is 0 Å². The van der Waals surface area contributed by atoms with Crippen molar-refractivity contribution in [2.75, 3.05) is 0 Å². The third-order valence-corrected chi connectivity index (χ3v) is 4.47. The number of hydrogen-bond acceptors (Lipinski definition) is 2. The maximum absolute atomic E-state index is 12.8. The van der Waals surface area contributed by atoms with Crippen LogP contribution in [-0.4, -0.2) is 33.3 Å². The topological polar surface area (TPSA) is 40.6 Å². The quantitative estimate of drug-likeness (QED) is 0.777. The first-order valence-electron chi connectivity index (χ1n) is 8.49. The third-order valence-electron chi connectivity index (χ3n) is 4.47. The summed E-state index contributed by atoms with van der Waals surface area (Å²) in [4.78, 5) is 28.6. The van der Waals surface area contributed by atoms with E-state index in [9.17, 15) is 9.59 Å². The van der Waals surface area contributed by atoms with Crippen LogP contribution < -0.4 is 0 Å². The Morgan fingerprint density at radius 3 is 1.96 bits per heavy atom. The predicted molar refractivity (Wildman–Crippen MR) is 94.0 cm³/mol. The largest absolute Gasteiger partial charge is 0.328 e. The molecule has 1 aromatic rings. The number of nitrogens with zero attached hydrogens (tertiary/aromatic N) is 2. The van der Waals surface area contributed by atoms with Crippen molar-refractivity contribution < 1.29 is 9.59 Å². The fourth-order valence-electron chi connectivity index (χ4n) is 2.79. The van der Waals surface area contributed by atoms with Gasteiger partial charge in [0.25, 0.3) is 5.91 Å². The van der Waals surface area contributed by atoms with Gasteiger partial charge in [-0.1, -0.05) is 58.0 Å². The fraction of sp³-hybridized carbons (Fsp3) is 0.579. The number of benzene rings is 1. The van der Waals surface area contributed by atoms with Crippen LogP contribution in [0.15, 0.2) is 30.3 Å². The highest BCUT2D eigenvalue weighted by atomic mass is 16.2. The molecule has 3 amide bonds. The summed E-state index contributed by atoms with van der Waals surface area (Å²) < 4.78 is 0. The van der Waals surface area contributed by atoms with Crippen molar-refractivity contribution in [3.63, 3.8) is 0 Å². The van der Waals surface area contributed by atoms with Crippen LogP contribution in [0.2, 0.25) is 0 Å². The zero-order valence-corrected chi connectivity index (χ0v) is 15.5. The van der Waals surface area contributed by atoms with Crippen molar-refractivity contribution in [3.8, 4) is 0 Å². The Balaban J connectivity index is 0.00000127. The van der Waals surface area contributed by atoms with E-state index in [1.165, 1.54) is 4.90 Å². The van der Waals surface area contributed by atoms with Crippen molar-refractivity contribution in [1.29, 1.82) is 0 Å². The van der Waals surface area contributed by atoms with Crippen molar-refractivity contribution in [1.82, 2.24) is 9.80 Å². The van der Waals surface area contributed by atoms with Crippen molar-refractivity contribution >= 4 is 11.9 Å². The monoisotopic (exact) mass is 318 g/mol. The molecule has 0 aliphatic carbocycles. The average Bonchev–Trinajstić information content (AvgIpc) is 2.72. The van der Waals surface area contributed by atoms with Gasteiger partial charge in [-0.25, -0.2) is 4.79 Å². The van der Waals surface area contributed by atoms with Gasteiger partial charge in [-0.05, 0) is 32.3 Å². The summed E-state index contributed by atoms with van der Waals surface area (Å²) in [5.41, 5.74) is 0.258. The Bertz CT molecular complexity index is 540. The molecule has 1 fully saturated rings. The molecule has 1 unspecified atom stereocenters. The summed E-state index contributed by atoms with van der Waals surface area (Å²) in [6.45, 7) is 14.1. The highest BCUT2D eigenvalue weighted by Crippen LogP contribution is 2.36. The molecule has 0 saturated carbocycles. The zero-order valence-electron chi connectivity index (χ0n) is 15.5. The van der Waals surface area contributed by atoms with Gasteiger partial charge in [0.15, 0.2) is 0 Å². The highest BCUT2D eigenvalue weighted by molar-refractivity contribution is 6.07. The van der Waals surface area contributed by atoms with E-state index in [1.807, 2.05) is 78.8 Å². The van der Waals surface area contributed by atoms with E-state index in [4.69, 9.17) is 0 Å². The molecule has 4 nitrogen and oxygen atoms in total. The minimum absolute atomic E-state index is 0.0569. The van der Waals surface area contributed by atoms with E-state index in [0.29, 0.717) is 6.54 Å². The second-order valence-electron chi connectivity index (χ2n) is 6.43. The SMILES string of the molecule is CC.CC(C)N1C(=O)N(Cc2ccccc2)C(C)(C(C)C)C1=O. The smallest absolute Gasteiger partial charge is 0.305 e. The molecule has 1 saturated heterocycles. The van der Waals surface area contributed by atoms with Gasteiger partial charge in [0, 0.05) is 12.6 Å². The maximum atomic E-state index is 12.8. The molecule has 23 heavy (non-hydrogen) atoms. The van der Waals surface area contributed by atoms with Gasteiger partial charge in [0.05, 0.1) is 0 Å². The first-order valence-corrected chi connectivity index (χ1v) is 8.49. The van der Waals surface area contributed by atoms with Gasteiger partial charge in [-0.2, -0.15) is 0 Å². The van der Waals surface area contributed by atoms with Crippen molar-refractivity contribution in [3.05, 3.63) is 35.9 Å². The molecule has 1 heterocycles. The summed E-state index contributed by atoms with van der Waals surface area (Å²) in [5, 5.41) is 0. The summed E-state index contributed by atoms with van der Waals surface area (Å²) >= 11 is 0. The summed E-state index contributed by atoms with van der Waals surface area (Å²) in [6.07, 6.45) is 0. The summed E-state index contributed by atoms with van der Waals surface area (Å²) in [5.74, 6) is -0.0326. The molecule has 1 atom stereocenters. The molecule has 1 aliphatic rings. The molecule has 4 heteroatoms. The molecule has 1 aromatic carbocycles. The van der Waals surface area contributed by atoms with Crippen LogP contribution in [0.5, 0.6) is 0 Å². The van der Waals surface area contributed by atoms with Gasteiger partial charge in [-0.3, -0.25) is 9.69 Å².